The summed E-state index contributed by atoms with van der Waals surface area (Å²) in [5.41, 5.74) is 3.91. The van der Waals surface area contributed by atoms with Crippen LogP contribution >= 0.6 is 12.4 Å². The Balaban J connectivity index is 0.00000176. The first-order valence-corrected chi connectivity index (χ1v) is 6.30. The van der Waals surface area contributed by atoms with Gasteiger partial charge in [-0.15, -0.1) is 12.4 Å². The number of benzene rings is 1. The van der Waals surface area contributed by atoms with Crippen LogP contribution < -0.4 is 5.73 Å². The predicted octanol–water partition coefficient (Wildman–Crippen LogP) is 3.65. The molecule has 3 rings (SSSR count). The minimum Gasteiger partial charge on any atom is -0.334 e. The van der Waals surface area contributed by atoms with Crippen molar-refractivity contribution in [3.63, 3.8) is 0 Å². The molecule has 2 aromatic rings. The van der Waals surface area contributed by atoms with Crippen LogP contribution in [0.3, 0.4) is 0 Å². The molecule has 1 aromatic carbocycles. The number of hydrogen-bond donors (Lipinski definition) is 1. The molecule has 1 aliphatic rings. The molecule has 0 bridgehead atoms. The minimum absolute atomic E-state index is 0. The van der Waals surface area contributed by atoms with Gasteiger partial charge in [-0.2, -0.15) is 18.2 Å². The van der Waals surface area contributed by atoms with Crippen molar-refractivity contribution in [2.75, 3.05) is 0 Å². The van der Waals surface area contributed by atoms with Gasteiger partial charge in [-0.3, -0.25) is 0 Å². The second-order valence-electron chi connectivity index (χ2n) is 5.13. The summed E-state index contributed by atoms with van der Waals surface area (Å²) in [7, 11) is 0. The van der Waals surface area contributed by atoms with Gasteiger partial charge in [0.25, 0.3) is 5.89 Å². The van der Waals surface area contributed by atoms with Gasteiger partial charge in [0.05, 0.1) is 16.7 Å². The lowest BCUT2D eigenvalue weighted by Gasteiger charge is -2.34. The summed E-state index contributed by atoms with van der Waals surface area (Å²) in [6.45, 7) is 0. The molecule has 0 atom stereocenters. The van der Waals surface area contributed by atoms with Crippen molar-refractivity contribution in [3.05, 3.63) is 35.4 Å². The van der Waals surface area contributed by atoms with Gasteiger partial charge in [-0.05, 0) is 37.5 Å². The van der Waals surface area contributed by atoms with Crippen LogP contribution in [-0.4, -0.2) is 10.1 Å². The molecule has 1 fully saturated rings. The highest BCUT2D eigenvalue weighted by Crippen LogP contribution is 2.38. The maximum Gasteiger partial charge on any atom is 0.416 e. The standard InChI is InChI=1S/C13H11F4N3O.ClH/c14-9-3-2-7(13(15,16)17)6-8(9)10-19-11(20-21-10)12(18)4-1-5-12;/h2-3,6H,1,4-5,18H2;1H. The van der Waals surface area contributed by atoms with E-state index in [4.69, 9.17) is 10.3 Å². The van der Waals surface area contributed by atoms with Crippen LogP contribution in [0.4, 0.5) is 17.6 Å². The molecule has 0 radical (unpaired) electrons. The summed E-state index contributed by atoms with van der Waals surface area (Å²) in [5.74, 6) is -0.969. The van der Waals surface area contributed by atoms with E-state index in [0.717, 1.165) is 12.5 Å². The van der Waals surface area contributed by atoms with Crippen molar-refractivity contribution < 1.29 is 22.1 Å². The molecule has 1 saturated carbocycles. The van der Waals surface area contributed by atoms with Gasteiger partial charge in [0.1, 0.15) is 5.82 Å². The van der Waals surface area contributed by atoms with E-state index in [0.29, 0.717) is 25.0 Å². The van der Waals surface area contributed by atoms with Gasteiger partial charge in [-0.25, -0.2) is 4.39 Å². The highest BCUT2D eigenvalue weighted by atomic mass is 35.5. The molecule has 120 valence electrons. The second kappa shape index (κ2) is 5.51. The minimum atomic E-state index is -4.58. The van der Waals surface area contributed by atoms with Crippen LogP contribution in [0.2, 0.25) is 0 Å². The fraction of sp³-hybridized carbons (Fsp3) is 0.385. The molecular formula is C13H12ClF4N3O. The molecular weight excluding hydrogens is 326 g/mol. The molecule has 0 amide bonds. The molecule has 22 heavy (non-hydrogen) atoms. The average Bonchev–Trinajstić information content (AvgIpc) is 2.84. The van der Waals surface area contributed by atoms with Crippen LogP contribution in [0, 0.1) is 5.82 Å². The Morgan fingerprint density at radius 2 is 1.91 bits per heavy atom. The first-order chi connectivity index (χ1) is 9.79. The summed E-state index contributed by atoms with van der Waals surface area (Å²) in [6, 6.07) is 2.03. The maximum absolute atomic E-state index is 13.7. The predicted molar refractivity (Wildman–Crippen MR) is 71.7 cm³/mol. The number of nitrogens with two attached hydrogens (primary N) is 1. The van der Waals surface area contributed by atoms with Gasteiger partial charge in [0.2, 0.25) is 0 Å². The summed E-state index contributed by atoms with van der Waals surface area (Å²) in [5, 5.41) is 3.66. The van der Waals surface area contributed by atoms with Crippen LogP contribution in [0.1, 0.15) is 30.7 Å². The fourth-order valence-electron chi connectivity index (χ4n) is 2.18. The Morgan fingerprint density at radius 3 is 2.45 bits per heavy atom. The van der Waals surface area contributed by atoms with E-state index in [2.05, 4.69) is 10.1 Å². The van der Waals surface area contributed by atoms with E-state index >= 15 is 0 Å². The average molecular weight is 338 g/mol. The van der Waals surface area contributed by atoms with Crippen LogP contribution in [0.25, 0.3) is 11.5 Å². The molecule has 2 N–H and O–H groups in total. The third-order valence-electron chi connectivity index (χ3n) is 3.64. The van der Waals surface area contributed by atoms with Crippen LogP contribution in [0.15, 0.2) is 22.7 Å². The number of aromatic nitrogens is 2. The highest BCUT2D eigenvalue weighted by Gasteiger charge is 2.39. The van der Waals surface area contributed by atoms with Crippen molar-refractivity contribution in [1.29, 1.82) is 0 Å². The topological polar surface area (TPSA) is 64.9 Å². The second-order valence-corrected chi connectivity index (χ2v) is 5.13. The zero-order valence-electron chi connectivity index (χ0n) is 11.2. The van der Waals surface area contributed by atoms with Crippen molar-refractivity contribution in [3.8, 4) is 11.5 Å². The van der Waals surface area contributed by atoms with Crippen molar-refractivity contribution >= 4 is 12.4 Å². The maximum atomic E-state index is 13.7. The lowest BCUT2D eigenvalue weighted by molar-refractivity contribution is -0.137. The third-order valence-corrected chi connectivity index (χ3v) is 3.64. The summed E-state index contributed by atoms with van der Waals surface area (Å²) < 4.78 is 56.6. The number of halogens is 5. The number of alkyl halides is 3. The molecule has 9 heteroatoms. The molecule has 0 aliphatic heterocycles. The van der Waals surface area contributed by atoms with Gasteiger partial charge in [0.15, 0.2) is 5.82 Å². The molecule has 1 aliphatic carbocycles. The molecule has 4 nitrogen and oxygen atoms in total. The van der Waals surface area contributed by atoms with Gasteiger partial charge in [-0.1, -0.05) is 5.16 Å². The Labute approximate surface area is 129 Å². The van der Waals surface area contributed by atoms with E-state index in [-0.39, 0.29) is 29.7 Å². The lowest BCUT2D eigenvalue weighted by Crippen LogP contribution is -2.44. The number of hydrogen-bond acceptors (Lipinski definition) is 4. The van der Waals surface area contributed by atoms with E-state index in [1.165, 1.54) is 0 Å². The van der Waals surface area contributed by atoms with Crippen LogP contribution in [-0.2, 0) is 11.7 Å². The van der Waals surface area contributed by atoms with E-state index in [9.17, 15) is 17.6 Å². The highest BCUT2D eigenvalue weighted by molar-refractivity contribution is 5.85. The molecule has 1 aromatic heterocycles. The Kier molecular flexibility index (Phi) is 4.18. The van der Waals surface area contributed by atoms with Gasteiger partial charge >= 0.3 is 6.18 Å². The SMILES string of the molecule is Cl.NC1(c2noc(-c3cc(C(F)(F)F)ccc3F)n2)CCC1. The van der Waals surface area contributed by atoms with Gasteiger partial charge in [0, 0.05) is 0 Å². The Morgan fingerprint density at radius 1 is 1.23 bits per heavy atom. The zero-order chi connectivity index (χ0) is 15.3. The van der Waals surface area contributed by atoms with Crippen molar-refractivity contribution in [2.45, 2.75) is 31.0 Å². The summed E-state index contributed by atoms with van der Waals surface area (Å²) >= 11 is 0. The van der Waals surface area contributed by atoms with Crippen molar-refractivity contribution in [1.82, 2.24) is 10.1 Å². The van der Waals surface area contributed by atoms with E-state index < -0.39 is 23.1 Å². The molecule has 0 saturated heterocycles. The first-order valence-electron chi connectivity index (χ1n) is 6.30. The Bertz CT molecular complexity index is 682. The Hall–Kier alpha value is -1.67. The smallest absolute Gasteiger partial charge is 0.334 e. The normalized spacial score (nSPS) is 16.8. The van der Waals surface area contributed by atoms with Crippen LogP contribution in [0.5, 0.6) is 0 Å². The number of rotatable bonds is 2. The summed E-state index contributed by atoms with van der Waals surface area (Å²) in [4.78, 5) is 3.95. The lowest BCUT2D eigenvalue weighted by atomic mass is 9.77. The molecule has 1 heterocycles. The molecule has 0 unspecified atom stereocenters. The monoisotopic (exact) mass is 337 g/mol. The van der Waals surface area contributed by atoms with E-state index in [1.54, 1.807) is 0 Å². The summed E-state index contributed by atoms with van der Waals surface area (Å²) in [6.07, 6.45) is -2.33. The fourth-order valence-corrected chi connectivity index (χ4v) is 2.18. The first kappa shape index (κ1) is 16.7. The quantitative estimate of drug-likeness (QED) is 0.849. The largest absolute Gasteiger partial charge is 0.416 e. The molecule has 0 spiro atoms. The van der Waals surface area contributed by atoms with Crippen molar-refractivity contribution in [2.24, 2.45) is 5.73 Å². The van der Waals surface area contributed by atoms with Gasteiger partial charge < -0.3 is 10.3 Å². The zero-order valence-corrected chi connectivity index (χ0v) is 12.0. The number of nitrogens with zero attached hydrogens (tertiary/aromatic N) is 2. The van der Waals surface area contributed by atoms with E-state index in [1.807, 2.05) is 0 Å². The third kappa shape index (κ3) is 2.80.